The SMILES string of the molecule is CN=C(NCCc1ccc(OC)cc1)NCC(C)(C)CCS(C)(=O)=O. The van der Waals surface area contributed by atoms with Crippen LogP contribution in [0.25, 0.3) is 0 Å². The lowest BCUT2D eigenvalue weighted by Gasteiger charge is -2.25. The zero-order valence-electron chi connectivity index (χ0n) is 15.9. The van der Waals surface area contributed by atoms with Crippen LogP contribution in [0, 0.1) is 5.41 Å². The van der Waals surface area contributed by atoms with Crippen LogP contribution in [0.15, 0.2) is 29.3 Å². The summed E-state index contributed by atoms with van der Waals surface area (Å²) in [6, 6.07) is 8.00. The van der Waals surface area contributed by atoms with E-state index in [4.69, 9.17) is 4.74 Å². The van der Waals surface area contributed by atoms with E-state index in [1.54, 1.807) is 14.2 Å². The maximum Gasteiger partial charge on any atom is 0.191 e. The van der Waals surface area contributed by atoms with E-state index in [9.17, 15) is 8.42 Å². The Balaban J connectivity index is 2.38. The summed E-state index contributed by atoms with van der Waals surface area (Å²) < 4.78 is 27.8. The Kier molecular flexibility index (Phi) is 8.22. The summed E-state index contributed by atoms with van der Waals surface area (Å²) >= 11 is 0. The van der Waals surface area contributed by atoms with Crippen LogP contribution in [0.3, 0.4) is 0 Å². The predicted molar refractivity (Wildman–Crippen MR) is 104 cm³/mol. The van der Waals surface area contributed by atoms with Crippen LogP contribution < -0.4 is 15.4 Å². The average Bonchev–Trinajstić information content (AvgIpc) is 2.56. The van der Waals surface area contributed by atoms with Crippen molar-refractivity contribution in [3.8, 4) is 5.75 Å². The van der Waals surface area contributed by atoms with E-state index in [1.165, 1.54) is 11.8 Å². The second kappa shape index (κ2) is 9.65. The van der Waals surface area contributed by atoms with Gasteiger partial charge in [0.2, 0.25) is 0 Å². The van der Waals surface area contributed by atoms with E-state index in [0.717, 1.165) is 24.7 Å². The third-order valence-corrected chi connectivity index (χ3v) is 4.92. The number of hydrogen-bond donors (Lipinski definition) is 2. The first-order valence-electron chi connectivity index (χ1n) is 8.40. The minimum atomic E-state index is -2.93. The number of benzene rings is 1. The minimum absolute atomic E-state index is 0.128. The molecule has 2 N–H and O–H groups in total. The molecule has 0 aliphatic heterocycles. The zero-order valence-corrected chi connectivity index (χ0v) is 16.7. The van der Waals surface area contributed by atoms with Gasteiger partial charge in [-0.1, -0.05) is 26.0 Å². The van der Waals surface area contributed by atoms with Gasteiger partial charge in [-0.05, 0) is 36.0 Å². The molecule has 0 aliphatic carbocycles. The quantitative estimate of drug-likeness (QED) is 0.513. The Morgan fingerprint density at radius 3 is 2.36 bits per heavy atom. The van der Waals surface area contributed by atoms with Gasteiger partial charge in [-0.3, -0.25) is 4.99 Å². The van der Waals surface area contributed by atoms with Crippen molar-refractivity contribution in [3.05, 3.63) is 29.8 Å². The lowest BCUT2D eigenvalue weighted by Crippen LogP contribution is -2.43. The van der Waals surface area contributed by atoms with Gasteiger partial charge >= 0.3 is 0 Å². The summed E-state index contributed by atoms with van der Waals surface area (Å²) in [5.41, 5.74) is 1.09. The van der Waals surface area contributed by atoms with Crippen LogP contribution in [-0.4, -0.2) is 53.6 Å². The van der Waals surface area contributed by atoms with Crippen molar-refractivity contribution in [1.82, 2.24) is 10.6 Å². The lowest BCUT2D eigenvalue weighted by atomic mass is 9.90. The second-order valence-corrected chi connectivity index (χ2v) is 9.25. The summed E-state index contributed by atoms with van der Waals surface area (Å²) in [5.74, 6) is 1.78. The van der Waals surface area contributed by atoms with Crippen LogP contribution in [0.2, 0.25) is 0 Å². The van der Waals surface area contributed by atoms with Gasteiger partial charge in [0.25, 0.3) is 0 Å². The molecule has 0 saturated heterocycles. The number of rotatable bonds is 9. The van der Waals surface area contributed by atoms with E-state index in [2.05, 4.69) is 29.5 Å². The normalized spacial score (nSPS) is 12.8. The van der Waals surface area contributed by atoms with Gasteiger partial charge in [0, 0.05) is 26.4 Å². The Morgan fingerprint density at radius 1 is 1.20 bits per heavy atom. The molecular formula is C18H31N3O3S. The van der Waals surface area contributed by atoms with Gasteiger partial charge in [0.05, 0.1) is 12.9 Å². The predicted octanol–water partition coefficient (Wildman–Crippen LogP) is 1.86. The van der Waals surface area contributed by atoms with Crippen molar-refractivity contribution in [2.45, 2.75) is 26.7 Å². The molecule has 0 unspecified atom stereocenters. The Morgan fingerprint density at radius 2 is 1.84 bits per heavy atom. The molecule has 1 rings (SSSR count). The van der Waals surface area contributed by atoms with Gasteiger partial charge < -0.3 is 15.4 Å². The van der Waals surface area contributed by atoms with Crippen molar-refractivity contribution in [3.63, 3.8) is 0 Å². The fourth-order valence-electron chi connectivity index (χ4n) is 2.21. The van der Waals surface area contributed by atoms with Gasteiger partial charge in [-0.2, -0.15) is 0 Å². The third kappa shape index (κ3) is 9.34. The van der Waals surface area contributed by atoms with Crippen molar-refractivity contribution in [2.24, 2.45) is 10.4 Å². The van der Waals surface area contributed by atoms with Crippen LogP contribution in [0.5, 0.6) is 5.75 Å². The molecule has 0 aliphatic rings. The van der Waals surface area contributed by atoms with E-state index < -0.39 is 9.84 Å². The van der Waals surface area contributed by atoms with Crippen molar-refractivity contribution >= 4 is 15.8 Å². The summed E-state index contributed by atoms with van der Waals surface area (Å²) in [5, 5.41) is 6.56. The molecule has 0 bridgehead atoms. The highest BCUT2D eigenvalue weighted by atomic mass is 32.2. The summed E-state index contributed by atoms with van der Waals surface area (Å²) in [6.07, 6.45) is 2.76. The number of methoxy groups -OCH3 is 1. The molecule has 0 spiro atoms. The topological polar surface area (TPSA) is 79.8 Å². The fraction of sp³-hybridized carbons (Fsp3) is 0.611. The fourth-order valence-corrected chi connectivity index (χ4v) is 3.13. The van der Waals surface area contributed by atoms with E-state index in [-0.39, 0.29) is 11.2 Å². The highest BCUT2D eigenvalue weighted by molar-refractivity contribution is 7.90. The van der Waals surface area contributed by atoms with Crippen LogP contribution >= 0.6 is 0 Å². The highest BCUT2D eigenvalue weighted by Gasteiger charge is 2.20. The molecule has 142 valence electrons. The maximum atomic E-state index is 11.3. The van der Waals surface area contributed by atoms with Crippen molar-refractivity contribution < 1.29 is 13.2 Å². The van der Waals surface area contributed by atoms with E-state index >= 15 is 0 Å². The first-order valence-corrected chi connectivity index (χ1v) is 10.5. The molecule has 0 saturated carbocycles. The molecule has 0 radical (unpaired) electrons. The molecule has 1 aromatic rings. The number of hydrogen-bond acceptors (Lipinski definition) is 4. The largest absolute Gasteiger partial charge is 0.497 e. The number of nitrogens with one attached hydrogen (secondary N) is 2. The monoisotopic (exact) mass is 369 g/mol. The molecule has 0 amide bonds. The highest BCUT2D eigenvalue weighted by Crippen LogP contribution is 2.19. The molecule has 0 fully saturated rings. The molecule has 1 aromatic carbocycles. The van der Waals surface area contributed by atoms with Crippen LogP contribution in [-0.2, 0) is 16.3 Å². The first kappa shape index (κ1) is 21.3. The van der Waals surface area contributed by atoms with Crippen molar-refractivity contribution in [1.29, 1.82) is 0 Å². The number of sulfone groups is 1. The average molecular weight is 370 g/mol. The molecule has 0 atom stereocenters. The second-order valence-electron chi connectivity index (χ2n) is 6.99. The summed E-state index contributed by atoms with van der Waals surface area (Å²) in [6.45, 7) is 5.52. The Labute approximate surface area is 152 Å². The van der Waals surface area contributed by atoms with Crippen LogP contribution in [0.4, 0.5) is 0 Å². The standard InChI is InChI=1S/C18H31N3O3S/c1-18(2,11-13-25(5,22)23)14-21-17(19-3)20-12-10-15-6-8-16(24-4)9-7-15/h6-9H,10-14H2,1-5H3,(H2,19,20,21). The Bertz CT molecular complexity index is 653. The summed E-state index contributed by atoms with van der Waals surface area (Å²) in [7, 11) is 0.451. The van der Waals surface area contributed by atoms with Gasteiger partial charge in [0.15, 0.2) is 5.96 Å². The molecule has 0 heterocycles. The molecule has 7 heteroatoms. The van der Waals surface area contributed by atoms with Crippen molar-refractivity contribution in [2.75, 3.05) is 39.3 Å². The number of ether oxygens (including phenoxy) is 1. The smallest absolute Gasteiger partial charge is 0.191 e. The molecule has 0 aromatic heterocycles. The summed E-state index contributed by atoms with van der Waals surface area (Å²) in [4.78, 5) is 4.21. The minimum Gasteiger partial charge on any atom is -0.497 e. The number of aliphatic imine (C=N–C) groups is 1. The molecule has 6 nitrogen and oxygen atoms in total. The van der Waals surface area contributed by atoms with Gasteiger partial charge in [-0.25, -0.2) is 8.42 Å². The first-order chi connectivity index (χ1) is 11.6. The molecular weight excluding hydrogens is 338 g/mol. The van der Waals surface area contributed by atoms with E-state index in [1.807, 2.05) is 24.3 Å². The van der Waals surface area contributed by atoms with E-state index in [0.29, 0.717) is 13.0 Å². The molecule has 25 heavy (non-hydrogen) atoms. The zero-order chi connectivity index (χ0) is 18.9. The number of guanidine groups is 1. The Hall–Kier alpha value is -1.76. The maximum absolute atomic E-state index is 11.3. The number of nitrogens with zero attached hydrogens (tertiary/aromatic N) is 1. The van der Waals surface area contributed by atoms with Gasteiger partial charge in [-0.15, -0.1) is 0 Å². The third-order valence-electron chi connectivity index (χ3n) is 3.97. The van der Waals surface area contributed by atoms with Gasteiger partial charge in [0.1, 0.15) is 15.6 Å². The lowest BCUT2D eigenvalue weighted by molar-refractivity contribution is 0.348. The van der Waals surface area contributed by atoms with Crippen LogP contribution in [0.1, 0.15) is 25.8 Å².